The zero-order valence-electron chi connectivity index (χ0n) is 9.90. The molecule has 0 saturated heterocycles. The molecule has 0 aromatic carbocycles. The molecule has 1 atom stereocenters. The lowest BCUT2D eigenvalue weighted by Gasteiger charge is -2.23. The van der Waals surface area contributed by atoms with Gasteiger partial charge in [0.05, 0.1) is 11.8 Å². The van der Waals surface area contributed by atoms with Crippen LogP contribution in [0.2, 0.25) is 5.02 Å². The van der Waals surface area contributed by atoms with Crippen molar-refractivity contribution in [1.29, 1.82) is 0 Å². The van der Waals surface area contributed by atoms with Crippen molar-refractivity contribution in [2.45, 2.75) is 18.9 Å². The van der Waals surface area contributed by atoms with E-state index in [1.54, 1.807) is 14.0 Å². The fourth-order valence-corrected chi connectivity index (χ4v) is 1.35. The molecule has 0 fully saturated rings. The van der Waals surface area contributed by atoms with E-state index in [1.165, 1.54) is 6.20 Å². The topological polar surface area (TPSA) is 93.3 Å². The minimum atomic E-state index is -0.904. The number of hydrogen-bond donors (Lipinski definition) is 3. The predicted molar refractivity (Wildman–Crippen MR) is 67.1 cm³/mol. The van der Waals surface area contributed by atoms with E-state index in [2.05, 4.69) is 15.3 Å². The molecule has 0 aliphatic carbocycles. The van der Waals surface area contributed by atoms with Gasteiger partial charge >= 0.3 is 0 Å². The Morgan fingerprint density at radius 3 is 3.00 bits per heavy atom. The third kappa shape index (κ3) is 4.72. The van der Waals surface area contributed by atoms with Crippen LogP contribution in [0.5, 0.6) is 0 Å². The van der Waals surface area contributed by atoms with E-state index < -0.39 is 5.60 Å². The van der Waals surface area contributed by atoms with Gasteiger partial charge in [-0.2, -0.15) is 4.98 Å². The van der Waals surface area contributed by atoms with Gasteiger partial charge in [-0.05, 0) is 6.92 Å². The lowest BCUT2D eigenvalue weighted by Crippen LogP contribution is -2.35. The van der Waals surface area contributed by atoms with Gasteiger partial charge in [0.15, 0.2) is 5.82 Å². The highest BCUT2D eigenvalue weighted by molar-refractivity contribution is 6.32. The van der Waals surface area contributed by atoms with Gasteiger partial charge < -0.3 is 20.9 Å². The van der Waals surface area contributed by atoms with Crippen LogP contribution in [-0.4, -0.2) is 40.9 Å². The lowest BCUT2D eigenvalue weighted by atomic mass is 10.0. The molecular weight excluding hydrogens is 244 g/mol. The van der Waals surface area contributed by atoms with Gasteiger partial charge in [-0.3, -0.25) is 0 Å². The van der Waals surface area contributed by atoms with Crippen molar-refractivity contribution >= 4 is 23.4 Å². The summed E-state index contributed by atoms with van der Waals surface area (Å²) in [5.41, 5.74) is 4.54. The Bertz CT molecular complexity index is 373. The zero-order chi connectivity index (χ0) is 12.9. The van der Waals surface area contributed by atoms with Crippen LogP contribution in [0.25, 0.3) is 0 Å². The number of halogens is 1. The number of aromatic nitrogens is 2. The Kier molecular flexibility index (Phi) is 4.92. The Morgan fingerprint density at radius 1 is 1.65 bits per heavy atom. The van der Waals surface area contributed by atoms with E-state index >= 15 is 0 Å². The molecule has 1 unspecified atom stereocenters. The normalized spacial score (nSPS) is 14.4. The summed E-state index contributed by atoms with van der Waals surface area (Å²) in [5, 5.41) is 13.3. The Morgan fingerprint density at radius 2 is 2.35 bits per heavy atom. The van der Waals surface area contributed by atoms with E-state index in [4.69, 9.17) is 22.1 Å². The van der Waals surface area contributed by atoms with Crippen molar-refractivity contribution in [2.75, 3.05) is 31.3 Å². The molecule has 1 aromatic rings. The van der Waals surface area contributed by atoms with Crippen molar-refractivity contribution in [1.82, 2.24) is 9.97 Å². The van der Waals surface area contributed by atoms with Crippen LogP contribution in [0.4, 0.5) is 11.8 Å². The number of nitrogens with two attached hydrogens (primary N) is 1. The standard InChI is InChI=1S/C10H17ClN4O2/c1-10(16,3-4-17-2)6-14-8-7(11)5-13-9(12)15-8/h5,16H,3-4,6H2,1-2H3,(H3,12,13,14,15). The van der Waals surface area contributed by atoms with Gasteiger partial charge in [0.1, 0.15) is 5.02 Å². The van der Waals surface area contributed by atoms with Gasteiger partial charge in [-0.1, -0.05) is 11.6 Å². The summed E-state index contributed by atoms with van der Waals surface area (Å²) in [6.07, 6.45) is 1.92. The number of rotatable bonds is 6. The molecule has 1 aromatic heterocycles. The average molecular weight is 261 g/mol. The summed E-state index contributed by atoms with van der Waals surface area (Å²) in [7, 11) is 1.59. The summed E-state index contributed by atoms with van der Waals surface area (Å²) >= 11 is 5.88. The summed E-state index contributed by atoms with van der Waals surface area (Å²) in [5.74, 6) is 0.547. The van der Waals surface area contributed by atoms with Crippen molar-refractivity contribution in [2.24, 2.45) is 0 Å². The van der Waals surface area contributed by atoms with E-state index in [1.807, 2.05) is 0 Å². The molecule has 0 radical (unpaired) electrons. The molecule has 7 heteroatoms. The lowest BCUT2D eigenvalue weighted by molar-refractivity contribution is 0.0357. The Hall–Kier alpha value is -1.11. The number of nitrogen functional groups attached to an aromatic ring is 1. The van der Waals surface area contributed by atoms with Gasteiger partial charge in [-0.15, -0.1) is 0 Å². The maximum atomic E-state index is 10.0. The van der Waals surface area contributed by atoms with Gasteiger partial charge in [0.25, 0.3) is 0 Å². The number of nitrogens with one attached hydrogen (secondary N) is 1. The van der Waals surface area contributed by atoms with Crippen molar-refractivity contribution in [3.05, 3.63) is 11.2 Å². The first-order valence-corrected chi connectivity index (χ1v) is 5.55. The maximum Gasteiger partial charge on any atom is 0.222 e. The molecule has 17 heavy (non-hydrogen) atoms. The predicted octanol–water partition coefficient (Wildman–Crippen LogP) is 0.912. The van der Waals surface area contributed by atoms with Crippen molar-refractivity contribution < 1.29 is 9.84 Å². The first-order chi connectivity index (χ1) is 7.94. The number of anilines is 2. The molecule has 1 heterocycles. The number of aliphatic hydroxyl groups is 1. The molecule has 0 aliphatic heterocycles. The minimum absolute atomic E-state index is 0.133. The van der Waals surface area contributed by atoms with Crippen LogP contribution in [0, 0.1) is 0 Å². The maximum absolute atomic E-state index is 10.0. The summed E-state index contributed by atoms with van der Waals surface area (Å²) in [4.78, 5) is 7.68. The van der Waals surface area contributed by atoms with Crippen molar-refractivity contribution in [3.8, 4) is 0 Å². The van der Waals surface area contributed by atoms with Crippen LogP contribution in [-0.2, 0) is 4.74 Å². The monoisotopic (exact) mass is 260 g/mol. The molecule has 1 rings (SSSR count). The summed E-state index contributed by atoms with van der Waals surface area (Å²) in [6.45, 7) is 2.48. The van der Waals surface area contributed by atoms with Crippen LogP contribution < -0.4 is 11.1 Å². The Balaban J connectivity index is 2.57. The molecule has 0 saturated carbocycles. The third-order valence-corrected chi connectivity index (χ3v) is 2.52. The quantitative estimate of drug-likeness (QED) is 0.704. The molecule has 0 aliphatic rings. The first kappa shape index (κ1) is 14.0. The van der Waals surface area contributed by atoms with E-state index in [0.29, 0.717) is 30.4 Å². The fourth-order valence-electron chi connectivity index (χ4n) is 1.19. The second-order valence-electron chi connectivity index (χ2n) is 4.02. The molecule has 0 bridgehead atoms. The fraction of sp³-hybridized carbons (Fsp3) is 0.600. The van der Waals surface area contributed by atoms with Crippen LogP contribution in [0.15, 0.2) is 6.20 Å². The van der Waals surface area contributed by atoms with Crippen molar-refractivity contribution in [3.63, 3.8) is 0 Å². The van der Waals surface area contributed by atoms with Gasteiger partial charge in [0.2, 0.25) is 5.95 Å². The third-order valence-electron chi connectivity index (χ3n) is 2.24. The first-order valence-electron chi connectivity index (χ1n) is 5.18. The second-order valence-corrected chi connectivity index (χ2v) is 4.43. The molecule has 4 N–H and O–H groups in total. The second kappa shape index (κ2) is 6.00. The molecule has 6 nitrogen and oxygen atoms in total. The van der Waals surface area contributed by atoms with Crippen LogP contribution >= 0.6 is 11.6 Å². The molecule has 0 spiro atoms. The van der Waals surface area contributed by atoms with E-state index in [-0.39, 0.29) is 5.95 Å². The summed E-state index contributed by atoms with van der Waals surface area (Å²) in [6, 6.07) is 0. The SMILES string of the molecule is COCCC(C)(O)CNc1nc(N)ncc1Cl. The molecule has 0 amide bonds. The smallest absolute Gasteiger partial charge is 0.222 e. The summed E-state index contributed by atoms with van der Waals surface area (Å²) < 4.78 is 4.91. The highest BCUT2D eigenvalue weighted by atomic mass is 35.5. The number of hydrogen-bond acceptors (Lipinski definition) is 6. The zero-order valence-corrected chi connectivity index (χ0v) is 10.7. The highest BCUT2D eigenvalue weighted by Crippen LogP contribution is 2.19. The number of ether oxygens (including phenoxy) is 1. The average Bonchev–Trinajstić information content (AvgIpc) is 2.28. The number of methoxy groups -OCH3 is 1. The van der Waals surface area contributed by atoms with Crippen LogP contribution in [0.1, 0.15) is 13.3 Å². The van der Waals surface area contributed by atoms with E-state index in [0.717, 1.165) is 0 Å². The van der Waals surface area contributed by atoms with Crippen LogP contribution in [0.3, 0.4) is 0 Å². The molecular formula is C10H17ClN4O2. The largest absolute Gasteiger partial charge is 0.388 e. The number of nitrogens with zero attached hydrogens (tertiary/aromatic N) is 2. The minimum Gasteiger partial charge on any atom is -0.388 e. The Labute approximate surface area is 105 Å². The highest BCUT2D eigenvalue weighted by Gasteiger charge is 2.20. The van der Waals surface area contributed by atoms with Gasteiger partial charge in [-0.25, -0.2) is 4.98 Å². The van der Waals surface area contributed by atoms with E-state index in [9.17, 15) is 5.11 Å². The molecule has 96 valence electrons. The van der Waals surface area contributed by atoms with Gasteiger partial charge in [0, 0.05) is 26.7 Å².